The molecule has 2 rings (SSSR count). The molecule has 130 valence electrons. The van der Waals surface area contributed by atoms with E-state index < -0.39 is 25.2 Å². The molecule has 0 spiro atoms. The molecule has 1 fully saturated rings. The van der Waals surface area contributed by atoms with Gasteiger partial charge in [-0.05, 0) is 43.0 Å². The molecule has 0 heterocycles. The van der Waals surface area contributed by atoms with Crippen molar-refractivity contribution in [2.24, 2.45) is 5.92 Å². The van der Waals surface area contributed by atoms with Crippen LogP contribution in [0, 0.1) is 5.92 Å². The molecule has 1 saturated carbocycles. The molecule has 2 N–H and O–H groups in total. The summed E-state index contributed by atoms with van der Waals surface area (Å²) < 4.78 is 55.4. The van der Waals surface area contributed by atoms with E-state index in [-0.39, 0.29) is 5.75 Å². The zero-order valence-corrected chi connectivity index (χ0v) is 13.7. The number of benzene rings is 1. The summed E-state index contributed by atoms with van der Waals surface area (Å²) in [5.41, 5.74) is 0. The van der Waals surface area contributed by atoms with Crippen molar-refractivity contribution in [2.45, 2.75) is 38.8 Å². The van der Waals surface area contributed by atoms with Crippen LogP contribution in [-0.4, -0.2) is 50.1 Å². The van der Waals surface area contributed by atoms with Crippen LogP contribution in [0.25, 0.3) is 0 Å². The molecule has 1 aliphatic carbocycles. The molecular formula is C18H29NO4. The van der Waals surface area contributed by atoms with Gasteiger partial charge < -0.3 is 24.6 Å². The number of nitrogens with one attached hydrogen (secondary N) is 1. The van der Waals surface area contributed by atoms with Gasteiger partial charge in [-0.3, -0.25) is 0 Å². The second kappa shape index (κ2) is 9.75. The van der Waals surface area contributed by atoms with Gasteiger partial charge in [-0.15, -0.1) is 0 Å². The summed E-state index contributed by atoms with van der Waals surface area (Å²) in [5, 5.41) is 12.6. The van der Waals surface area contributed by atoms with E-state index >= 15 is 0 Å². The van der Waals surface area contributed by atoms with Gasteiger partial charge in [0.1, 0.15) is 30.7 Å². The fourth-order valence-electron chi connectivity index (χ4n) is 1.70. The quantitative estimate of drug-likeness (QED) is 0.576. The Hall–Kier alpha value is -1.30. The summed E-state index contributed by atoms with van der Waals surface area (Å²) in [4.78, 5) is 0. The molecule has 0 aromatic heterocycles. The van der Waals surface area contributed by atoms with Crippen molar-refractivity contribution in [2.75, 3.05) is 32.9 Å². The molecule has 5 heteroatoms. The highest BCUT2D eigenvalue weighted by molar-refractivity contribution is 5.31. The molecule has 23 heavy (non-hydrogen) atoms. The van der Waals surface area contributed by atoms with Gasteiger partial charge in [0.2, 0.25) is 0 Å². The fraction of sp³-hybridized carbons (Fsp3) is 0.667. The molecule has 0 radical (unpaired) electrons. The molecule has 1 atom stereocenters. The molecule has 0 amide bonds. The molecule has 1 aromatic carbocycles. The summed E-state index contributed by atoms with van der Waals surface area (Å²) >= 11 is 0. The highest BCUT2D eigenvalue weighted by Gasteiger charge is 2.20. The van der Waals surface area contributed by atoms with Crippen molar-refractivity contribution in [1.82, 2.24) is 5.32 Å². The molecule has 0 bridgehead atoms. The summed E-state index contributed by atoms with van der Waals surface area (Å²) in [5.74, 6) is 1.28. The standard InChI is InChI=1S/C18H29NO4/c1-14(2)19-11-16(20)13-23-18-7-5-17(6-8-18)22-10-9-21-12-15-3-4-15/h5-8,14-16,19-20H,3-4,9-13H2,1-2H3/i11D2,13D2,16D. The Morgan fingerprint density at radius 3 is 2.48 bits per heavy atom. The molecule has 1 aromatic rings. The van der Waals surface area contributed by atoms with Gasteiger partial charge in [-0.2, -0.15) is 0 Å². The van der Waals surface area contributed by atoms with Crippen molar-refractivity contribution in [3.8, 4) is 11.5 Å². The third kappa shape index (κ3) is 8.21. The van der Waals surface area contributed by atoms with Gasteiger partial charge in [-0.1, -0.05) is 13.8 Å². The lowest BCUT2D eigenvalue weighted by atomic mass is 10.3. The third-order valence-corrected chi connectivity index (χ3v) is 3.12. The Balaban J connectivity index is 1.89. The smallest absolute Gasteiger partial charge is 0.119 e. The van der Waals surface area contributed by atoms with E-state index in [0.717, 1.165) is 6.61 Å². The minimum Gasteiger partial charge on any atom is -0.491 e. The first-order valence-electron chi connectivity index (χ1n) is 10.4. The first-order chi connectivity index (χ1) is 12.9. The van der Waals surface area contributed by atoms with Gasteiger partial charge in [0.05, 0.1) is 10.7 Å². The average molecular weight is 328 g/mol. The Kier molecular flexibility index (Phi) is 5.14. The molecule has 1 unspecified atom stereocenters. The maximum absolute atomic E-state index is 10.2. The lowest BCUT2D eigenvalue weighted by Gasteiger charge is -2.15. The van der Waals surface area contributed by atoms with Crippen LogP contribution in [0.5, 0.6) is 11.5 Å². The maximum Gasteiger partial charge on any atom is 0.119 e. The summed E-state index contributed by atoms with van der Waals surface area (Å²) in [6, 6.07) is 5.58. The number of aliphatic hydroxyl groups is 1. The average Bonchev–Trinajstić information content (AvgIpc) is 3.38. The van der Waals surface area contributed by atoms with Crippen molar-refractivity contribution < 1.29 is 26.2 Å². The van der Waals surface area contributed by atoms with E-state index in [4.69, 9.17) is 21.1 Å². The third-order valence-electron chi connectivity index (χ3n) is 3.12. The van der Waals surface area contributed by atoms with Gasteiger partial charge in [-0.25, -0.2) is 0 Å². The van der Waals surface area contributed by atoms with E-state index in [1.54, 1.807) is 26.0 Å². The minimum atomic E-state index is -3.20. The van der Waals surface area contributed by atoms with E-state index in [2.05, 4.69) is 5.32 Å². The van der Waals surface area contributed by atoms with Crippen LogP contribution in [-0.2, 0) is 4.74 Å². The predicted octanol–water partition coefficient (Wildman–Crippen LogP) is 2.23. The van der Waals surface area contributed by atoms with Crippen molar-refractivity contribution >= 4 is 0 Å². The normalized spacial score (nSPS) is 21.5. The summed E-state index contributed by atoms with van der Waals surface area (Å²) in [7, 11) is 0. The number of ether oxygens (including phenoxy) is 3. The summed E-state index contributed by atoms with van der Waals surface area (Å²) in [6.45, 7) is -0.867. The van der Waals surface area contributed by atoms with Crippen molar-refractivity contribution in [3.63, 3.8) is 0 Å². The second-order valence-electron chi connectivity index (χ2n) is 5.81. The number of hydrogen-bond acceptors (Lipinski definition) is 5. The first-order valence-corrected chi connectivity index (χ1v) is 7.94. The van der Waals surface area contributed by atoms with Crippen LogP contribution in [0.4, 0.5) is 0 Å². The first kappa shape index (κ1) is 12.1. The maximum atomic E-state index is 10.2. The van der Waals surface area contributed by atoms with Gasteiger partial charge >= 0.3 is 0 Å². The highest BCUT2D eigenvalue weighted by Crippen LogP contribution is 2.28. The van der Waals surface area contributed by atoms with E-state index in [1.165, 1.54) is 25.0 Å². The van der Waals surface area contributed by atoms with E-state index in [0.29, 0.717) is 24.9 Å². The SMILES string of the molecule is [2H]C([2H])(NC(C)C)C([2H])(O)C([2H])([2H])Oc1ccc(OCCOCC2CC2)cc1. The molecular weight excluding hydrogens is 294 g/mol. The van der Waals surface area contributed by atoms with Crippen molar-refractivity contribution in [3.05, 3.63) is 24.3 Å². The summed E-state index contributed by atoms with van der Waals surface area (Å²) in [6.07, 6.45) is -0.727. The highest BCUT2D eigenvalue weighted by atomic mass is 16.5. The fourth-order valence-corrected chi connectivity index (χ4v) is 1.70. The zero-order chi connectivity index (χ0) is 21.0. The lowest BCUT2D eigenvalue weighted by Crippen LogP contribution is -2.35. The second-order valence-corrected chi connectivity index (χ2v) is 5.81. The zero-order valence-electron chi connectivity index (χ0n) is 18.7. The predicted molar refractivity (Wildman–Crippen MR) is 90.1 cm³/mol. The van der Waals surface area contributed by atoms with Crippen molar-refractivity contribution in [1.29, 1.82) is 0 Å². The monoisotopic (exact) mass is 328 g/mol. The largest absolute Gasteiger partial charge is 0.491 e. The van der Waals surface area contributed by atoms with Gasteiger partial charge in [0, 0.05) is 21.9 Å². The molecule has 0 aliphatic heterocycles. The van der Waals surface area contributed by atoms with Crippen LogP contribution < -0.4 is 14.8 Å². The molecule has 5 nitrogen and oxygen atoms in total. The Labute approximate surface area is 146 Å². The number of rotatable bonds is 12. The topological polar surface area (TPSA) is 60.0 Å². The van der Waals surface area contributed by atoms with Gasteiger partial charge in [0.25, 0.3) is 0 Å². The van der Waals surface area contributed by atoms with E-state index in [9.17, 15) is 5.11 Å². The van der Waals surface area contributed by atoms with Crippen LogP contribution in [0.2, 0.25) is 0 Å². The van der Waals surface area contributed by atoms with E-state index in [1.807, 2.05) is 0 Å². The Bertz CT molecular complexity index is 621. The van der Waals surface area contributed by atoms with Crippen LogP contribution in [0.1, 0.15) is 33.5 Å². The van der Waals surface area contributed by atoms with Crippen LogP contribution >= 0.6 is 0 Å². The molecule has 1 aliphatic rings. The van der Waals surface area contributed by atoms with Crippen LogP contribution in [0.15, 0.2) is 24.3 Å². The minimum absolute atomic E-state index is 0.0355. The molecule has 0 saturated heterocycles. The lowest BCUT2D eigenvalue weighted by molar-refractivity contribution is 0.0925. The Morgan fingerprint density at radius 1 is 1.22 bits per heavy atom. The van der Waals surface area contributed by atoms with Crippen LogP contribution in [0.3, 0.4) is 0 Å². The number of hydrogen-bond donors (Lipinski definition) is 2. The van der Waals surface area contributed by atoms with Gasteiger partial charge in [0.15, 0.2) is 0 Å². The Morgan fingerprint density at radius 2 is 1.87 bits per heavy atom.